The van der Waals surface area contributed by atoms with E-state index in [9.17, 15) is 4.79 Å². The van der Waals surface area contributed by atoms with Crippen LogP contribution in [0.4, 0.5) is 5.95 Å². The van der Waals surface area contributed by atoms with Crippen LogP contribution in [0.25, 0.3) is 0 Å². The van der Waals surface area contributed by atoms with E-state index in [1.807, 2.05) is 10.8 Å². The number of amides is 1. The summed E-state index contributed by atoms with van der Waals surface area (Å²) < 4.78 is 1.94. The van der Waals surface area contributed by atoms with Crippen LogP contribution in [-0.4, -0.2) is 28.5 Å². The first-order valence-electron chi connectivity index (χ1n) is 4.84. The van der Waals surface area contributed by atoms with Gasteiger partial charge in [0.1, 0.15) is 0 Å². The highest BCUT2D eigenvalue weighted by atomic mass is 16.1. The van der Waals surface area contributed by atoms with E-state index in [1.165, 1.54) is 6.92 Å². The number of anilines is 1. The highest BCUT2D eigenvalue weighted by Gasteiger charge is 2.00. The second-order valence-corrected chi connectivity index (χ2v) is 3.10. The van der Waals surface area contributed by atoms with Gasteiger partial charge in [0.2, 0.25) is 11.9 Å². The van der Waals surface area contributed by atoms with Crippen LogP contribution >= 0.6 is 0 Å². The zero-order chi connectivity index (χ0) is 11.1. The molecular formula is C10H16N4O. The average molecular weight is 208 g/mol. The Morgan fingerprint density at radius 3 is 3.20 bits per heavy atom. The van der Waals surface area contributed by atoms with Gasteiger partial charge < -0.3 is 15.2 Å². The lowest BCUT2D eigenvalue weighted by Crippen LogP contribution is -2.24. The number of nitrogens with one attached hydrogen (secondary N) is 2. The maximum Gasteiger partial charge on any atom is 0.216 e. The Morgan fingerprint density at radius 2 is 2.53 bits per heavy atom. The molecular weight excluding hydrogens is 192 g/mol. The molecule has 0 aliphatic carbocycles. The number of imidazole rings is 1. The molecule has 1 rings (SSSR count). The van der Waals surface area contributed by atoms with E-state index >= 15 is 0 Å². The lowest BCUT2D eigenvalue weighted by atomic mass is 10.5. The minimum Gasteiger partial charge on any atom is -0.355 e. The summed E-state index contributed by atoms with van der Waals surface area (Å²) in [6.07, 6.45) is 5.36. The van der Waals surface area contributed by atoms with Gasteiger partial charge in [-0.25, -0.2) is 4.98 Å². The van der Waals surface area contributed by atoms with Gasteiger partial charge in [0.25, 0.3) is 0 Å². The number of hydrogen-bond donors (Lipinski definition) is 2. The Kier molecular flexibility index (Phi) is 4.40. The molecule has 0 aliphatic heterocycles. The zero-order valence-corrected chi connectivity index (χ0v) is 8.86. The molecule has 0 saturated heterocycles. The molecule has 5 heteroatoms. The Balaban J connectivity index is 2.42. The summed E-state index contributed by atoms with van der Waals surface area (Å²) >= 11 is 0. The lowest BCUT2D eigenvalue weighted by molar-refractivity contribution is -0.118. The minimum atomic E-state index is -0.0179. The number of aromatic nitrogens is 2. The fourth-order valence-corrected chi connectivity index (χ4v) is 1.17. The third-order valence-corrected chi connectivity index (χ3v) is 1.85. The molecule has 0 aliphatic rings. The molecule has 0 bridgehead atoms. The first-order valence-corrected chi connectivity index (χ1v) is 4.84. The van der Waals surface area contributed by atoms with E-state index in [-0.39, 0.29) is 5.91 Å². The monoisotopic (exact) mass is 208 g/mol. The quantitative estimate of drug-likeness (QED) is 0.674. The number of carbonyl (C=O) groups excluding carboxylic acids is 1. The topological polar surface area (TPSA) is 59.0 Å². The molecule has 0 aromatic carbocycles. The van der Waals surface area contributed by atoms with Crippen molar-refractivity contribution in [3.63, 3.8) is 0 Å². The van der Waals surface area contributed by atoms with Crippen LogP contribution in [-0.2, 0) is 11.3 Å². The van der Waals surface area contributed by atoms with Gasteiger partial charge in [-0.1, -0.05) is 6.08 Å². The van der Waals surface area contributed by atoms with Crippen molar-refractivity contribution in [1.29, 1.82) is 0 Å². The highest BCUT2D eigenvalue weighted by Crippen LogP contribution is 2.02. The van der Waals surface area contributed by atoms with Gasteiger partial charge in [0.05, 0.1) is 0 Å². The van der Waals surface area contributed by atoms with Crippen LogP contribution < -0.4 is 10.6 Å². The fraction of sp³-hybridized carbons (Fsp3) is 0.400. The Hall–Kier alpha value is -1.78. The summed E-state index contributed by atoms with van der Waals surface area (Å²) in [6.45, 7) is 7.11. The predicted molar refractivity (Wildman–Crippen MR) is 59.6 cm³/mol. The second-order valence-electron chi connectivity index (χ2n) is 3.10. The van der Waals surface area contributed by atoms with Crippen LogP contribution in [0.3, 0.4) is 0 Å². The summed E-state index contributed by atoms with van der Waals surface area (Å²) in [6, 6.07) is 0. The summed E-state index contributed by atoms with van der Waals surface area (Å²) in [5.74, 6) is 0.774. The van der Waals surface area contributed by atoms with E-state index in [4.69, 9.17) is 0 Å². The van der Waals surface area contributed by atoms with E-state index in [2.05, 4.69) is 22.2 Å². The number of nitrogens with zero attached hydrogens (tertiary/aromatic N) is 2. The first-order chi connectivity index (χ1) is 7.24. The van der Waals surface area contributed by atoms with Crippen LogP contribution in [0.2, 0.25) is 0 Å². The SMILES string of the molecule is C=CCNc1nccn1CCNC(C)=O. The Labute approximate surface area is 89.2 Å². The molecule has 1 amide bonds. The standard InChI is InChI=1S/C10H16N4O/c1-3-4-12-10-13-6-8-14(10)7-5-11-9(2)15/h3,6,8H,1,4-5,7H2,2H3,(H,11,15)(H,12,13). The smallest absolute Gasteiger partial charge is 0.216 e. The van der Waals surface area contributed by atoms with E-state index < -0.39 is 0 Å². The first kappa shape index (κ1) is 11.3. The molecule has 0 radical (unpaired) electrons. The number of carbonyl (C=O) groups is 1. The van der Waals surface area contributed by atoms with E-state index in [0.717, 1.165) is 5.95 Å². The molecule has 2 N–H and O–H groups in total. The molecule has 82 valence electrons. The predicted octanol–water partition coefficient (Wildman–Crippen LogP) is 0.617. The minimum absolute atomic E-state index is 0.0179. The van der Waals surface area contributed by atoms with Crippen molar-refractivity contribution in [2.24, 2.45) is 0 Å². The maximum atomic E-state index is 10.7. The van der Waals surface area contributed by atoms with Crippen molar-refractivity contribution in [1.82, 2.24) is 14.9 Å². The number of hydrogen-bond acceptors (Lipinski definition) is 3. The molecule has 0 atom stereocenters. The molecule has 0 fully saturated rings. The molecule has 0 unspecified atom stereocenters. The van der Waals surface area contributed by atoms with Crippen LogP contribution in [0, 0.1) is 0 Å². The molecule has 5 nitrogen and oxygen atoms in total. The molecule has 0 saturated carbocycles. The Bertz CT molecular complexity index is 332. The van der Waals surface area contributed by atoms with Crippen molar-refractivity contribution in [2.75, 3.05) is 18.4 Å². The van der Waals surface area contributed by atoms with Crippen molar-refractivity contribution < 1.29 is 4.79 Å². The largest absolute Gasteiger partial charge is 0.355 e. The summed E-state index contributed by atoms with van der Waals surface area (Å²) in [5.41, 5.74) is 0. The van der Waals surface area contributed by atoms with Crippen LogP contribution in [0.5, 0.6) is 0 Å². The van der Waals surface area contributed by atoms with Crippen LogP contribution in [0.15, 0.2) is 25.0 Å². The maximum absolute atomic E-state index is 10.7. The molecule has 15 heavy (non-hydrogen) atoms. The van der Waals surface area contributed by atoms with Gasteiger partial charge in [-0.05, 0) is 0 Å². The third kappa shape index (κ3) is 3.84. The third-order valence-electron chi connectivity index (χ3n) is 1.85. The number of rotatable bonds is 6. The summed E-state index contributed by atoms with van der Waals surface area (Å²) in [4.78, 5) is 14.8. The van der Waals surface area contributed by atoms with Crippen molar-refractivity contribution in [3.05, 3.63) is 25.0 Å². The Morgan fingerprint density at radius 1 is 1.73 bits per heavy atom. The van der Waals surface area contributed by atoms with Gasteiger partial charge in [-0.2, -0.15) is 0 Å². The molecule has 1 heterocycles. The van der Waals surface area contributed by atoms with Gasteiger partial charge >= 0.3 is 0 Å². The lowest BCUT2D eigenvalue weighted by Gasteiger charge is -2.08. The van der Waals surface area contributed by atoms with Gasteiger partial charge in [0, 0.05) is 39.0 Å². The molecule has 1 aromatic heterocycles. The van der Waals surface area contributed by atoms with Gasteiger partial charge in [-0.15, -0.1) is 6.58 Å². The van der Waals surface area contributed by atoms with Crippen LogP contribution in [0.1, 0.15) is 6.92 Å². The average Bonchev–Trinajstić information content (AvgIpc) is 2.62. The summed E-state index contributed by atoms with van der Waals surface area (Å²) in [5, 5.41) is 5.83. The fourth-order valence-electron chi connectivity index (χ4n) is 1.17. The van der Waals surface area contributed by atoms with Crippen molar-refractivity contribution in [2.45, 2.75) is 13.5 Å². The second kappa shape index (κ2) is 5.85. The molecule has 0 spiro atoms. The van der Waals surface area contributed by atoms with E-state index in [1.54, 1.807) is 12.3 Å². The van der Waals surface area contributed by atoms with Crippen molar-refractivity contribution in [3.8, 4) is 0 Å². The zero-order valence-electron chi connectivity index (χ0n) is 8.86. The van der Waals surface area contributed by atoms with Crippen molar-refractivity contribution >= 4 is 11.9 Å². The van der Waals surface area contributed by atoms with E-state index in [0.29, 0.717) is 19.6 Å². The van der Waals surface area contributed by atoms with Gasteiger partial charge in [0.15, 0.2) is 0 Å². The summed E-state index contributed by atoms with van der Waals surface area (Å²) in [7, 11) is 0. The highest BCUT2D eigenvalue weighted by molar-refractivity contribution is 5.72. The molecule has 1 aromatic rings. The van der Waals surface area contributed by atoms with Gasteiger partial charge in [-0.3, -0.25) is 4.79 Å². The normalized spacial score (nSPS) is 9.67.